The molecule has 0 aliphatic carbocycles. The van der Waals surface area contributed by atoms with Gasteiger partial charge in [-0.2, -0.15) is 0 Å². The van der Waals surface area contributed by atoms with Gasteiger partial charge >= 0.3 is 0 Å². The lowest BCUT2D eigenvalue weighted by atomic mass is 10.1. The van der Waals surface area contributed by atoms with Crippen LogP contribution in [0.2, 0.25) is 0 Å². The lowest BCUT2D eigenvalue weighted by Crippen LogP contribution is -2.33. The number of hydrogen-bond acceptors (Lipinski definition) is 4. The number of nitrogens with zero attached hydrogens (tertiary/aromatic N) is 2. The molecule has 0 bridgehead atoms. The molecule has 4 rings (SSSR count). The van der Waals surface area contributed by atoms with E-state index in [1.165, 1.54) is 23.0 Å². The molecule has 0 aliphatic rings. The maximum absolute atomic E-state index is 12.6. The summed E-state index contributed by atoms with van der Waals surface area (Å²) in [5, 5.41) is 2.99. The lowest BCUT2D eigenvalue weighted by Gasteiger charge is -2.13. The zero-order valence-corrected chi connectivity index (χ0v) is 15.7. The quantitative estimate of drug-likeness (QED) is 0.577. The predicted octanol–water partition coefficient (Wildman–Crippen LogP) is 3.66. The average molecular weight is 377 g/mol. The number of fused-ring (bicyclic) bond motifs is 3. The van der Waals surface area contributed by atoms with Crippen molar-refractivity contribution >= 4 is 33.2 Å². The van der Waals surface area contributed by atoms with E-state index in [1.54, 1.807) is 4.40 Å². The van der Waals surface area contributed by atoms with Crippen LogP contribution >= 0.6 is 11.3 Å². The van der Waals surface area contributed by atoms with Crippen LogP contribution in [-0.2, 0) is 6.42 Å². The summed E-state index contributed by atoms with van der Waals surface area (Å²) in [6.45, 7) is 1.98. The van der Waals surface area contributed by atoms with Crippen molar-refractivity contribution < 1.29 is 4.79 Å². The summed E-state index contributed by atoms with van der Waals surface area (Å²) >= 11 is 1.23. The maximum Gasteiger partial charge on any atom is 0.261 e. The summed E-state index contributed by atoms with van der Waals surface area (Å²) < 4.78 is 1.55. The monoisotopic (exact) mass is 377 g/mol. The SMILES string of the molecule is C[C@H](CCc1ccccc1)NC(=O)c1cc(=O)n2c(nc3ccccc32)s1. The number of carbonyl (C=O) groups is 1. The van der Waals surface area contributed by atoms with E-state index in [0.29, 0.717) is 9.84 Å². The van der Waals surface area contributed by atoms with Gasteiger partial charge in [-0.25, -0.2) is 4.98 Å². The third-order valence-corrected chi connectivity index (χ3v) is 5.50. The van der Waals surface area contributed by atoms with E-state index in [-0.39, 0.29) is 17.5 Å². The Morgan fingerprint density at radius 1 is 1.15 bits per heavy atom. The molecule has 5 nitrogen and oxygen atoms in total. The van der Waals surface area contributed by atoms with Crippen LogP contribution in [0, 0.1) is 0 Å². The molecule has 0 unspecified atom stereocenters. The Hall–Kier alpha value is -2.99. The molecule has 27 heavy (non-hydrogen) atoms. The molecule has 0 spiro atoms. The number of carbonyl (C=O) groups excluding carboxylic acids is 1. The van der Waals surface area contributed by atoms with Gasteiger partial charge in [0.05, 0.1) is 11.0 Å². The van der Waals surface area contributed by atoms with Gasteiger partial charge in [0.2, 0.25) is 0 Å². The Kier molecular flexibility index (Phi) is 4.73. The second-order valence-corrected chi connectivity index (χ2v) is 7.58. The summed E-state index contributed by atoms with van der Waals surface area (Å²) in [6.07, 6.45) is 1.73. The van der Waals surface area contributed by atoms with Gasteiger partial charge in [0.15, 0.2) is 4.96 Å². The zero-order valence-electron chi connectivity index (χ0n) is 14.9. The Morgan fingerprint density at radius 3 is 2.70 bits per heavy atom. The molecule has 2 heterocycles. The number of imidazole rings is 1. The van der Waals surface area contributed by atoms with E-state index in [2.05, 4.69) is 22.4 Å². The minimum absolute atomic E-state index is 0.00931. The van der Waals surface area contributed by atoms with Crippen molar-refractivity contribution in [2.24, 2.45) is 0 Å². The third-order valence-electron chi connectivity index (χ3n) is 4.52. The minimum atomic E-state index is -0.237. The second-order valence-electron chi connectivity index (χ2n) is 6.57. The van der Waals surface area contributed by atoms with Crippen LogP contribution in [0.4, 0.5) is 0 Å². The van der Waals surface area contributed by atoms with E-state index in [0.717, 1.165) is 23.9 Å². The van der Waals surface area contributed by atoms with Gasteiger partial charge in [0.25, 0.3) is 11.5 Å². The Morgan fingerprint density at radius 2 is 1.89 bits per heavy atom. The zero-order chi connectivity index (χ0) is 18.8. The number of benzene rings is 2. The first-order valence-corrected chi connectivity index (χ1v) is 9.69. The number of para-hydroxylation sites is 2. The molecule has 6 heteroatoms. The highest BCUT2D eigenvalue weighted by Crippen LogP contribution is 2.19. The van der Waals surface area contributed by atoms with Gasteiger partial charge in [0, 0.05) is 12.1 Å². The molecule has 4 aromatic rings. The second kappa shape index (κ2) is 7.32. The van der Waals surface area contributed by atoms with Crippen LogP contribution in [0.25, 0.3) is 16.0 Å². The summed E-state index contributed by atoms with van der Waals surface area (Å²) in [6, 6.07) is 19.1. The number of amides is 1. The van der Waals surface area contributed by atoms with Crippen LogP contribution in [0.15, 0.2) is 65.5 Å². The van der Waals surface area contributed by atoms with E-state index in [1.807, 2.05) is 49.4 Å². The first-order chi connectivity index (χ1) is 13.1. The van der Waals surface area contributed by atoms with E-state index in [4.69, 9.17) is 0 Å². The minimum Gasteiger partial charge on any atom is -0.349 e. The van der Waals surface area contributed by atoms with Crippen molar-refractivity contribution in [3.05, 3.63) is 81.5 Å². The normalized spacial score (nSPS) is 12.3. The highest BCUT2D eigenvalue weighted by atomic mass is 32.1. The number of aromatic nitrogens is 2. The van der Waals surface area contributed by atoms with Gasteiger partial charge in [-0.1, -0.05) is 53.8 Å². The Balaban J connectivity index is 1.52. The average Bonchev–Trinajstić information content (AvgIpc) is 3.06. The molecule has 2 aromatic carbocycles. The Bertz CT molecular complexity index is 1160. The summed E-state index contributed by atoms with van der Waals surface area (Å²) in [5.74, 6) is -0.229. The molecule has 1 atom stereocenters. The fraction of sp³-hybridized carbons (Fsp3) is 0.190. The fourth-order valence-electron chi connectivity index (χ4n) is 3.10. The molecule has 1 amide bonds. The first-order valence-electron chi connectivity index (χ1n) is 8.88. The molecule has 136 valence electrons. The van der Waals surface area contributed by atoms with Gasteiger partial charge in [-0.15, -0.1) is 0 Å². The standard InChI is InChI=1S/C21H19N3O2S/c1-14(11-12-15-7-3-2-4-8-15)22-20(26)18-13-19(25)24-17-10-6-5-9-16(17)23-21(24)27-18/h2-10,13-14H,11-12H2,1H3,(H,22,26)/t14-/m1/s1. The summed E-state index contributed by atoms with van der Waals surface area (Å²) in [4.78, 5) is 30.5. The number of hydrogen-bond donors (Lipinski definition) is 1. The van der Waals surface area contributed by atoms with Gasteiger partial charge < -0.3 is 5.32 Å². The maximum atomic E-state index is 12.6. The Labute approximate surface area is 160 Å². The van der Waals surface area contributed by atoms with Crippen LogP contribution in [0.3, 0.4) is 0 Å². The lowest BCUT2D eigenvalue weighted by molar-refractivity contribution is 0.0942. The number of rotatable bonds is 5. The molecule has 2 aromatic heterocycles. The van der Waals surface area contributed by atoms with Gasteiger partial charge in [-0.3, -0.25) is 14.0 Å². The van der Waals surface area contributed by atoms with Crippen molar-refractivity contribution in [3.63, 3.8) is 0 Å². The summed E-state index contributed by atoms with van der Waals surface area (Å²) in [7, 11) is 0. The van der Waals surface area contributed by atoms with Crippen LogP contribution in [-0.4, -0.2) is 21.3 Å². The topological polar surface area (TPSA) is 63.5 Å². The van der Waals surface area contributed by atoms with E-state index < -0.39 is 0 Å². The molecule has 0 saturated carbocycles. The predicted molar refractivity (Wildman–Crippen MR) is 109 cm³/mol. The molecular formula is C21H19N3O2S. The molecule has 0 saturated heterocycles. The van der Waals surface area contributed by atoms with Crippen LogP contribution in [0.1, 0.15) is 28.6 Å². The largest absolute Gasteiger partial charge is 0.349 e. The van der Waals surface area contributed by atoms with Crippen molar-refractivity contribution in [3.8, 4) is 0 Å². The molecular weight excluding hydrogens is 358 g/mol. The smallest absolute Gasteiger partial charge is 0.261 e. The van der Waals surface area contributed by atoms with Crippen molar-refractivity contribution in [1.29, 1.82) is 0 Å². The van der Waals surface area contributed by atoms with E-state index >= 15 is 0 Å². The highest BCUT2D eigenvalue weighted by molar-refractivity contribution is 7.18. The van der Waals surface area contributed by atoms with Crippen LogP contribution in [0.5, 0.6) is 0 Å². The van der Waals surface area contributed by atoms with Crippen molar-refractivity contribution in [1.82, 2.24) is 14.7 Å². The molecule has 0 aliphatic heterocycles. The third kappa shape index (κ3) is 3.61. The van der Waals surface area contributed by atoms with Crippen LogP contribution < -0.4 is 10.9 Å². The molecule has 0 radical (unpaired) electrons. The van der Waals surface area contributed by atoms with Crippen molar-refractivity contribution in [2.45, 2.75) is 25.8 Å². The van der Waals surface area contributed by atoms with Gasteiger partial charge in [0.1, 0.15) is 4.88 Å². The number of aryl methyl sites for hydroxylation is 1. The van der Waals surface area contributed by atoms with Crippen molar-refractivity contribution in [2.75, 3.05) is 0 Å². The fourth-order valence-corrected chi connectivity index (χ4v) is 4.03. The molecule has 0 fully saturated rings. The first kappa shape index (κ1) is 17.4. The summed E-state index contributed by atoms with van der Waals surface area (Å²) in [5.41, 5.74) is 2.52. The highest BCUT2D eigenvalue weighted by Gasteiger charge is 2.15. The molecule has 1 N–H and O–H groups in total. The van der Waals surface area contributed by atoms with Gasteiger partial charge in [-0.05, 0) is 37.5 Å². The van der Waals surface area contributed by atoms with E-state index in [9.17, 15) is 9.59 Å². The number of nitrogens with one attached hydrogen (secondary N) is 1.